The molecule has 1 aliphatic carbocycles. The first-order valence-electron chi connectivity index (χ1n) is 21.0. The van der Waals surface area contributed by atoms with Gasteiger partial charge >= 0.3 is 5.97 Å². The van der Waals surface area contributed by atoms with Crippen LogP contribution in [0.1, 0.15) is 116 Å². The van der Waals surface area contributed by atoms with Gasteiger partial charge < -0.3 is 36.0 Å². The van der Waals surface area contributed by atoms with Crippen LogP contribution >= 0.6 is 0 Å². The number of ether oxygens (including phenoxy) is 1. The van der Waals surface area contributed by atoms with E-state index in [1.54, 1.807) is 17.0 Å². The Hall–Kier alpha value is -5.07. The minimum atomic E-state index is -1.15. The fourth-order valence-corrected chi connectivity index (χ4v) is 9.42. The summed E-state index contributed by atoms with van der Waals surface area (Å²) in [7, 11) is 3.72. The lowest BCUT2D eigenvalue weighted by Crippen LogP contribution is -2.51. The maximum absolute atomic E-state index is 13.0. The van der Waals surface area contributed by atoms with Crippen molar-refractivity contribution in [2.75, 3.05) is 57.1 Å². The number of carbonyl (C=O) groups is 3. The first-order valence-corrected chi connectivity index (χ1v) is 21.0. The largest absolute Gasteiger partial charge is 0.476 e. The molecule has 12 heteroatoms. The molecule has 59 heavy (non-hydrogen) atoms. The molecule has 318 valence electrons. The second-order valence-electron chi connectivity index (χ2n) is 17.3. The zero-order valence-corrected chi connectivity index (χ0v) is 36.2. The van der Waals surface area contributed by atoms with Gasteiger partial charge in [0, 0.05) is 81.1 Å². The standard InChI is InChI=1S/C47H65N7O5/c1-8-20-47(59-23-22-53(7)42(56)26-50-25-34-13-15-37(49-6)16-14-34)30-45(4,9-2)29-46(5,31-47)32-51-33(3)39(24-48)38-17-18-41(52-43(38)44(57)58)54-21-19-35-11-10-12-36(28-55)40(35)27-54/h10-18,24,28,49-50H,8-9,19-23,25-27,29-32,48H2,1-7H3,(H,57,58). The van der Waals surface area contributed by atoms with Crippen LogP contribution in [0, 0.1) is 10.8 Å². The number of hydrogen-bond donors (Lipinski definition) is 4. The number of amides is 1. The van der Waals surface area contributed by atoms with Crippen LogP contribution in [0.4, 0.5) is 11.5 Å². The Kier molecular flexibility index (Phi) is 15.1. The molecule has 0 spiro atoms. The smallest absolute Gasteiger partial charge is 0.355 e. The number of anilines is 2. The van der Waals surface area contributed by atoms with Gasteiger partial charge in [-0.05, 0) is 90.8 Å². The number of aliphatic imine (C=N–C) groups is 1. The second kappa shape index (κ2) is 19.8. The number of carboxylic acid groups (broad SMARTS) is 1. The molecule has 3 unspecified atom stereocenters. The van der Waals surface area contributed by atoms with Crippen molar-refractivity contribution in [3.05, 3.63) is 94.3 Å². The number of carbonyl (C=O) groups excluding carboxylic acids is 2. The van der Waals surface area contributed by atoms with E-state index in [0.29, 0.717) is 67.6 Å². The molecule has 12 nitrogen and oxygen atoms in total. The highest BCUT2D eigenvalue weighted by atomic mass is 16.5. The Labute approximate surface area is 350 Å². The summed E-state index contributed by atoms with van der Waals surface area (Å²) >= 11 is 0. The van der Waals surface area contributed by atoms with Gasteiger partial charge in [-0.2, -0.15) is 0 Å². The van der Waals surface area contributed by atoms with Crippen molar-refractivity contribution < 1.29 is 24.2 Å². The first kappa shape index (κ1) is 45.0. The number of nitrogens with zero attached hydrogens (tertiary/aromatic N) is 4. The van der Waals surface area contributed by atoms with Crippen molar-refractivity contribution in [2.24, 2.45) is 21.6 Å². The Morgan fingerprint density at radius 1 is 1.07 bits per heavy atom. The number of aldehydes is 1. The van der Waals surface area contributed by atoms with E-state index >= 15 is 0 Å². The lowest BCUT2D eigenvalue weighted by atomic mass is 9.56. The van der Waals surface area contributed by atoms with Gasteiger partial charge in [0.1, 0.15) is 12.1 Å². The number of pyridine rings is 1. The summed E-state index contributed by atoms with van der Waals surface area (Å²) in [5, 5.41) is 16.8. The molecule has 2 aromatic carbocycles. The number of carboxylic acids is 1. The number of allylic oxidation sites excluding steroid dienone is 1. The quantitative estimate of drug-likeness (QED) is 0.0711. The molecule has 1 aromatic heterocycles. The molecule has 0 radical (unpaired) electrons. The number of hydrogen-bond acceptors (Lipinski definition) is 10. The van der Waals surface area contributed by atoms with Crippen LogP contribution in [0.25, 0.3) is 5.57 Å². The van der Waals surface area contributed by atoms with E-state index < -0.39 is 5.97 Å². The third-order valence-corrected chi connectivity index (χ3v) is 12.4. The molecule has 1 aliphatic heterocycles. The number of aromatic nitrogens is 1. The lowest BCUT2D eigenvalue weighted by molar-refractivity contribution is -0.148. The minimum absolute atomic E-state index is 0.0202. The van der Waals surface area contributed by atoms with Crippen LogP contribution in [-0.2, 0) is 29.0 Å². The van der Waals surface area contributed by atoms with Crippen LogP contribution < -0.4 is 21.3 Å². The molecule has 2 aliphatic rings. The van der Waals surface area contributed by atoms with Gasteiger partial charge in [0.15, 0.2) is 5.69 Å². The molecule has 1 amide bonds. The number of benzene rings is 2. The Morgan fingerprint density at radius 3 is 2.47 bits per heavy atom. The first-order chi connectivity index (χ1) is 28.2. The number of fused-ring (bicyclic) bond motifs is 1. The van der Waals surface area contributed by atoms with Crippen LogP contribution in [0.15, 0.2) is 65.8 Å². The maximum atomic E-state index is 13.0. The summed E-state index contributed by atoms with van der Waals surface area (Å²) in [6, 6.07) is 17.5. The predicted molar refractivity (Wildman–Crippen MR) is 237 cm³/mol. The zero-order valence-electron chi connectivity index (χ0n) is 36.2. The Morgan fingerprint density at radius 2 is 1.81 bits per heavy atom. The topological polar surface area (TPSA) is 162 Å². The summed E-state index contributed by atoms with van der Waals surface area (Å²) in [5.74, 6) is -0.603. The molecule has 2 heterocycles. The second-order valence-corrected chi connectivity index (χ2v) is 17.3. The van der Waals surface area contributed by atoms with Crippen molar-refractivity contribution in [2.45, 2.75) is 98.3 Å². The molecule has 0 saturated heterocycles. The minimum Gasteiger partial charge on any atom is -0.476 e. The average Bonchev–Trinajstić information content (AvgIpc) is 3.22. The lowest BCUT2D eigenvalue weighted by Gasteiger charge is -2.54. The molecule has 3 aromatic rings. The fourth-order valence-electron chi connectivity index (χ4n) is 9.42. The highest BCUT2D eigenvalue weighted by molar-refractivity contribution is 6.24. The van der Waals surface area contributed by atoms with Crippen LogP contribution in [0.5, 0.6) is 0 Å². The van der Waals surface area contributed by atoms with Gasteiger partial charge in [0.25, 0.3) is 0 Å². The van der Waals surface area contributed by atoms with E-state index in [1.807, 2.05) is 68.4 Å². The van der Waals surface area contributed by atoms with Crippen LogP contribution in [0.2, 0.25) is 0 Å². The number of aromatic carboxylic acids is 1. The van der Waals surface area contributed by atoms with E-state index in [0.717, 1.165) is 73.6 Å². The van der Waals surface area contributed by atoms with E-state index in [-0.39, 0.29) is 34.6 Å². The van der Waals surface area contributed by atoms with E-state index in [4.69, 9.17) is 15.5 Å². The molecular formula is C47H65N7O5. The summed E-state index contributed by atoms with van der Waals surface area (Å²) in [6.45, 7) is 14.4. The van der Waals surface area contributed by atoms with Crippen molar-refractivity contribution >= 4 is 41.0 Å². The Balaban J connectivity index is 1.27. The van der Waals surface area contributed by atoms with Gasteiger partial charge in [0.2, 0.25) is 5.91 Å². The van der Waals surface area contributed by atoms with Gasteiger partial charge in [0.05, 0.1) is 18.8 Å². The molecular weight excluding hydrogens is 743 g/mol. The molecule has 3 atom stereocenters. The SMILES string of the molecule is CCCC1(OCCN(C)C(=O)CNCc2ccc(NC)cc2)CC(C)(CC)CC(C)(CN=C(C)C(=CN)c2ccc(N3CCc4cccc(C=O)c4C3)nc2C(=O)O)C1. The molecule has 0 bridgehead atoms. The van der Waals surface area contributed by atoms with E-state index in [1.165, 1.54) is 6.20 Å². The average molecular weight is 808 g/mol. The number of likely N-dealkylation sites (N-methyl/N-ethyl adjacent to an activating group) is 1. The summed E-state index contributed by atoms with van der Waals surface area (Å²) < 4.78 is 6.91. The van der Waals surface area contributed by atoms with Crippen molar-refractivity contribution in [1.29, 1.82) is 0 Å². The Bertz CT molecular complexity index is 2020. The number of nitrogens with one attached hydrogen (secondary N) is 2. The van der Waals surface area contributed by atoms with Gasteiger partial charge in [-0.3, -0.25) is 14.6 Å². The van der Waals surface area contributed by atoms with Gasteiger partial charge in [-0.25, -0.2) is 9.78 Å². The third-order valence-electron chi connectivity index (χ3n) is 12.4. The van der Waals surface area contributed by atoms with E-state index in [9.17, 15) is 19.5 Å². The van der Waals surface area contributed by atoms with Crippen LogP contribution in [-0.4, -0.2) is 91.3 Å². The van der Waals surface area contributed by atoms with Crippen molar-refractivity contribution in [3.8, 4) is 0 Å². The normalized spacial score (nSPS) is 22.1. The highest BCUT2D eigenvalue weighted by Crippen LogP contribution is 2.55. The summed E-state index contributed by atoms with van der Waals surface area (Å²) in [6.07, 6.45) is 8.60. The molecule has 1 fully saturated rings. The zero-order chi connectivity index (χ0) is 42.8. The van der Waals surface area contributed by atoms with E-state index in [2.05, 4.69) is 43.3 Å². The molecule has 5 N–H and O–H groups in total. The monoisotopic (exact) mass is 808 g/mol. The fraction of sp³-hybridized carbons (Fsp3) is 0.511. The van der Waals surface area contributed by atoms with Gasteiger partial charge in [-0.1, -0.05) is 70.9 Å². The summed E-state index contributed by atoms with van der Waals surface area (Å²) in [4.78, 5) is 51.0. The summed E-state index contributed by atoms with van der Waals surface area (Å²) in [5.41, 5.74) is 12.0. The van der Waals surface area contributed by atoms with Crippen molar-refractivity contribution in [1.82, 2.24) is 15.2 Å². The van der Waals surface area contributed by atoms with Crippen molar-refractivity contribution in [3.63, 3.8) is 0 Å². The van der Waals surface area contributed by atoms with Gasteiger partial charge in [-0.15, -0.1) is 0 Å². The molecule has 5 rings (SSSR count). The number of nitrogens with two attached hydrogens (primary N) is 1. The molecule has 1 saturated carbocycles. The highest BCUT2D eigenvalue weighted by Gasteiger charge is 2.50. The van der Waals surface area contributed by atoms with Crippen LogP contribution in [0.3, 0.4) is 0 Å². The maximum Gasteiger partial charge on any atom is 0.355 e. The third kappa shape index (κ3) is 11.2. The predicted octanol–water partition coefficient (Wildman–Crippen LogP) is 7.37. The number of rotatable bonds is 19.